The van der Waals surface area contributed by atoms with Crippen molar-refractivity contribution in [1.82, 2.24) is 19.5 Å². The predicted octanol–water partition coefficient (Wildman–Crippen LogP) is 12.1. The maximum atomic E-state index is 8.44. The zero-order valence-electron chi connectivity index (χ0n) is 32.9. The number of rotatable bonds is 5. The van der Waals surface area contributed by atoms with E-state index >= 15 is 0 Å². The Morgan fingerprint density at radius 1 is 0.830 bits per heavy atom. The first-order valence-electron chi connectivity index (χ1n) is 18.4. The first-order chi connectivity index (χ1) is 25.1. The van der Waals surface area contributed by atoms with Crippen molar-refractivity contribution in [2.45, 2.75) is 70.1 Å². The van der Waals surface area contributed by atoms with Gasteiger partial charge in [0.1, 0.15) is 4.83 Å². The minimum atomic E-state index is -2.03. The molecule has 8 rings (SSSR count). The molecule has 4 aromatic heterocycles. The number of hydrogen-bond acceptors (Lipinski definition) is 4. The van der Waals surface area contributed by atoms with Gasteiger partial charge in [0.2, 0.25) is 0 Å². The third-order valence-electron chi connectivity index (χ3n) is 9.45. The van der Waals surface area contributed by atoms with Crippen molar-refractivity contribution in [3.05, 3.63) is 138 Å². The number of thiophene rings is 1. The van der Waals surface area contributed by atoms with Crippen molar-refractivity contribution >= 4 is 60.3 Å². The van der Waals surface area contributed by atoms with Crippen molar-refractivity contribution in [2.24, 2.45) is 0 Å². The number of fused-ring (bicyclic) bond motifs is 4. The topological polar surface area (TPSA) is 43.6 Å². The number of aromatic nitrogens is 4. The minimum absolute atomic E-state index is 0. The molecule has 0 aliphatic carbocycles. The number of imidazole rings is 1. The zero-order valence-corrected chi connectivity index (χ0v) is 37.2. The average Bonchev–Trinajstić information content (AvgIpc) is 3.69. The van der Waals surface area contributed by atoms with Crippen LogP contribution in [0.2, 0.25) is 17.3 Å². The Labute approximate surface area is 335 Å². The van der Waals surface area contributed by atoms with E-state index in [1.165, 1.54) is 25.4 Å². The number of aryl methyl sites for hydroxylation is 1. The number of para-hydroxylation sites is 2. The summed E-state index contributed by atoms with van der Waals surface area (Å²) in [6, 6.07) is 42.3. The molecule has 7 heteroatoms. The van der Waals surface area contributed by atoms with Crippen LogP contribution in [0.25, 0.3) is 59.7 Å². The second-order valence-corrected chi connectivity index (χ2v) is 27.3. The Morgan fingerprint density at radius 2 is 1.57 bits per heavy atom. The third kappa shape index (κ3) is 7.98. The van der Waals surface area contributed by atoms with Crippen LogP contribution in [0.3, 0.4) is 0 Å². The SMILES string of the molecule is Cc1ccc2c(n1)sc1c(-c3nc4ccccc4n3-c3ccc(C(C)(C)C)cc3)[c-]ccc12.[2H]C(C)(C)c1cc(-c2[c-]cccc2)nc[c]1[Ge]([CH3])([CH3])[CH3].[Ir]. The van der Waals surface area contributed by atoms with Crippen LogP contribution >= 0.6 is 11.3 Å². The van der Waals surface area contributed by atoms with Crippen LogP contribution in [-0.4, -0.2) is 32.8 Å². The molecule has 0 fully saturated rings. The molecule has 0 spiro atoms. The second-order valence-electron chi connectivity index (χ2n) is 15.7. The standard InChI is InChI=1S/C29H24N3S.C17H22GeN.Ir/c1-18-12-17-22-21-8-7-9-23(26(21)33-28(22)30-18)27-31-24-10-5-6-11-25(24)32(27)20-15-13-19(14-16-20)29(2,3)4;1-13(2)15-11-17(14-9-7-6-8-10-14)19-12-16(15)18(3,4)5;/h5-8,10-17H,1-4H3;6-9,11-13H,1-5H3;/q2*-1;/i;13D;. The Kier molecular flexibility index (Phi) is 10.9. The van der Waals surface area contributed by atoms with Crippen LogP contribution in [0.5, 0.6) is 0 Å². The largest absolute Gasteiger partial charge is 0 e. The molecule has 0 aliphatic rings. The first kappa shape index (κ1) is 37.4. The number of pyridine rings is 2. The van der Waals surface area contributed by atoms with Gasteiger partial charge >= 0.3 is 120 Å². The van der Waals surface area contributed by atoms with E-state index in [9.17, 15) is 0 Å². The molecule has 0 aliphatic heterocycles. The number of nitrogens with zero attached hydrogens (tertiary/aromatic N) is 4. The molecule has 53 heavy (non-hydrogen) atoms. The van der Waals surface area contributed by atoms with Gasteiger partial charge in [-0.15, -0.1) is 18.2 Å². The molecule has 4 aromatic carbocycles. The van der Waals surface area contributed by atoms with E-state index in [0.717, 1.165) is 55.5 Å². The molecule has 0 unspecified atom stereocenters. The van der Waals surface area contributed by atoms with Gasteiger partial charge in [0.05, 0.1) is 16.9 Å². The van der Waals surface area contributed by atoms with E-state index in [1.54, 1.807) is 11.3 Å². The van der Waals surface area contributed by atoms with E-state index in [2.05, 4.69) is 126 Å². The fourth-order valence-corrected chi connectivity index (χ4v) is 11.1. The maximum absolute atomic E-state index is 8.44. The van der Waals surface area contributed by atoms with Gasteiger partial charge in [0.15, 0.2) is 0 Å². The molecule has 271 valence electrons. The average molecular weight is 953 g/mol. The van der Waals surface area contributed by atoms with Crippen molar-refractivity contribution in [3.8, 4) is 28.3 Å². The summed E-state index contributed by atoms with van der Waals surface area (Å²) in [4.78, 5) is 15.5. The van der Waals surface area contributed by atoms with Crippen LogP contribution in [0.15, 0.2) is 109 Å². The van der Waals surface area contributed by atoms with E-state index in [0.29, 0.717) is 0 Å². The maximum Gasteiger partial charge on any atom is 0 e. The second kappa shape index (κ2) is 15.4. The molecule has 0 saturated carbocycles. The number of benzene rings is 4. The van der Waals surface area contributed by atoms with Crippen molar-refractivity contribution in [3.63, 3.8) is 0 Å². The van der Waals surface area contributed by atoms with Gasteiger partial charge in [-0.05, 0) is 58.3 Å². The smallest absolute Gasteiger partial charge is 0 e. The van der Waals surface area contributed by atoms with Crippen LogP contribution < -0.4 is 4.40 Å². The molecule has 0 saturated heterocycles. The Morgan fingerprint density at radius 3 is 2.25 bits per heavy atom. The summed E-state index contributed by atoms with van der Waals surface area (Å²) >= 11 is -0.305. The van der Waals surface area contributed by atoms with Gasteiger partial charge in [0.25, 0.3) is 0 Å². The third-order valence-corrected chi connectivity index (χ3v) is 14.8. The summed E-state index contributed by atoms with van der Waals surface area (Å²) in [5.41, 5.74) is 9.68. The van der Waals surface area contributed by atoms with Crippen molar-refractivity contribution in [2.75, 3.05) is 0 Å². The molecule has 0 amide bonds. The minimum Gasteiger partial charge on any atom is 0 e. The molecule has 0 bridgehead atoms. The van der Waals surface area contributed by atoms with Gasteiger partial charge in [-0.1, -0.05) is 62.1 Å². The molecule has 1 radical (unpaired) electrons. The van der Waals surface area contributed by atoms with Crippen LogP contribution in [0, 0.1) is 19.1 Å². The predicted molar refractivity (Wildman–Crippen MR) is 225 cm³/mol. The molecule has 8 aromatic rings. The first-order valence-corrected chi connectivity index (χ1v) is 26.0. The van der Waals surface area contributed by atoms with E-state index in [4.69, 9.17) is 11.3 Å². The normalized spacial score (nSPS) is 12.4. The van der Waals surface area contributed by atoms with E-state index in [-0.39, 0.29) is 25.5 Å². The van der Waals surface area contributed by atoms with Crippen molar-refractivity contribution in [1.29, 1.82) is 0 Å². The molecular formula is C46H46GeIrN4S-2. The molecule has 4 heterocycles. The van der Waals surface area contributed by atoms with E-state index in [1.807, 2.05) is 63.4 Å². The van der Waals surface area contributed by atoms with Crippen LogP contribution in [0.4, 0.5) is 0 Å². The molecule has 0 N–H and O–H groups in total. The van der Waals surface area contributed by atoms with Crippen LogP contribution in [0.1, 0.15) is 58.7 Å². The summed E-state index contributed by atoms with van der Waals surface area (Å²) in [6.07, 6.45) is 2.00. The van der Waals surface area contributed by atoms with Crippen molar-refractivity contribution < 1.29 is 21.5 Å². The summed E-state index contributed by atoms with van der Waals surface area (Å²) in [5, 5.41) is 2.39. The van der Waals surface area contributed by atoms with Gasteiger partial charge < -0.3 is 4.57 Å². The van der Waals surface area contributed by atoms with E-state index < -0.39 is 19.2 Å². The van der Waals surface area contributed by atoms with Gasteiger partial charge in [0, 0.05) is 31.5 Å². The number of hydrogen-bond donors (Lipinski definition) is 0. The van der Waals surface area contributed by atoms with Gasteiger partial charge in [-0.25, -0.2) is 4.98 Å². The quantitative estimate of drug-likeness (QED) is 0.128. The molecule has 4 nitrogen and oxygen atoms in total. The monoisotopic (exact) mass is 954 g/mol. The zero-order chi connectivity index (χ0) is 37.7. The summed E-state index contributed by atoms with van der Waals surface area (Å²) in [6.45, 7) is 12.7. The van der Waals surface area contributed by atoms with Gasteiger partial charge in [-0.2, -0.15) is 11.3 Å². The molecular weight excluding hydrogens is 905 g/mol. The van der Waals surface area contributed by atoms with Crippen LogP contribution in [-0.2, 0) is 25.5 Å². The summed E-state index contributed by atoms with van der Waals surface area (Å²) in [7, 11) is 0. The summed E-state index contributed by atoms with van der Waals surface area (Å²) < 4.78 is 13.2. The molecule has 0 atom stereocenters. The fourth-order valence-electron chi connectivity index (χ4n) is 6.61. The fraction of sp³-hybridized carbons (Fsp3) is 0.239. The Hall–Kier alpha value is -3.94. The Bertz CT molecular complexity index is 2570. The Balaban J connectivity index is 0.000000205. The van der Waals surface area contributed by atoms with Gasteiger partial charge in [-0.3, -0.25) is 4.98 Å². The summed E-state index contributed by atoms with van der Waals surface area (Å²) in [5.74, 6) is 7.36.